The van der Waals surface area contributed by atoms with Crippen LogP contribution in [-0.2, 0) is 11.2 Å². The summed E-state index contributed by atoms with van der Waals surface area (Å²) in [6.45, 7) is 3.30. The van der Waals surface area contributed by atoms with E-state index < -0.39 is 6.10 Å². The van der Waals surface area contributed by atoms with E-state index in [1.807, 2.05) is 11.9 Å². The lowest BCUT2D eigenvalue weighted by atomic mass is 9.88. The van der Waals surface area contributed by atoms with E-state index in [4.69, 9.17) is 0 Å². The zero-order chi connectivity index (χ0) is 17.6. The molecule has 0 aromatic heterocycles. The standard InChI is InChI=1S/C21H32N2O2/c1-22-13-12-20(24)19(16-22)21(25)23-14-10-18(11-15-23)9-5-8-17-6-3-2-4-7-17/h2-4,6-7,18-20,24H,5,8-16H2,1H3/t19-,20-/m1/s1. The molecule has 0 unspecified atom stereocenters. The maximum atomic E-state index is 12.8. The molecule has 2 aliphatic heterocycles. The number of aliphatic hydroxyl groups is 1. The minimum absolute atomic E-state index is 0.168. The van der Waals surface area contributed by atoms with Crippen molar-refractivity contribution in [3.05, 3.63) is 35.9 Å². The van der Waals surface area contributed by atoms with Crippen molar-refractivity contribution in [2.45, 2.75) is 44.6 Å². The molecule has 2 fully saturated rings. The molecule has 138 valence electrons. The number of carbonyl (C=O) groups excluding carboxylic acids is 1. The van der Waals surface area contributed by atoms with Crippen LogP contribution in [0.2, 0.25) is 0 Å². The first kappa shape index (κ1) is 18.4. The molecule has 1 N–H and O–H groups in total. The number of hydrogen-bond acceptors (Lipinski definition) is 3. The normalized spacial score (nSPS) is 25.9. The van der Waals surface area contributed by atoms with Crippen LogP contribution in [0.1, 0.15) is 37.7 Å². The predicted molar refractivity (Wildman–Crippen MR) is 100 cm³/mol. The first-order valence-corrected chi connectivity index (χ1v) is 9.83. The lowest BCUT2D eigenvalue weighted by molar-refractivity contribution is -0.143. The molecule has 4 heteroatoms. The van der Waals surface area contributed by atoms with Crippen molar-refractivity contribution in [2.24, 2.45) is 11.8 Å². The molecule has 2 heterocycles. The fraction of sp³-hybridized carbons (Fsp3) is 0.667. The van der Waals surface area contributed by atoms with E-state index in [2.05, 4.69) is 35.2 Å². The van der Waals surface area contributed by atoms with Crippen LogP contribution in [0.15, 0.2) is 30.3 Å². The first-order chi connectivity index (χ1) is 12.1. The van der Waals surface area contributed by atoms with Gasteiger partial charge in [0.15, 0.2) is 0 Å². The van der Waals surface area contributed by atoms with E-state index in [-0.39, 0.29) is 11.8 Å². The van der Waals surface area contributed by atoms with Gasteiger partial charge in [0, 0.05) is 26.2 Å². The van der Waals surface area contributed by atoms with Crippen LogP contribution in [0, 0.1) is 11.8 Å². The molecule has 0 spiro atoms. The van der Waals surface area contributed by atoms with Crippen LogP contribution in [0.25, 0.3) is 0 Å². The van der Waals surface area contributed by atoms with Crippen LogP contribution in [-0.4, -0.2) is 60.1 Å². The van der Waals surface area contributed by atoms with Gasteiger partial charge in [0.2, 0.25) is 5.91 Å². The summed E-state index contributed by atoms with van der Waals surface area (Å²) in [6.07, 6.45) is 6.11. The molecule has 0 aliphatic carbocycles. The minimum atomic E-state index is -0.465. The molecule has 25 heavy (non-hydrogen) atoms. The zero-order valence-corrected chi connectivity index (χ0v) is 15.4. The molecular formula is C21H32N2O2. The molecule has 2 atom stereocenters. The van der Waals surface area contributed by atoms with Gasteiger partial charge in [-0.3, -0.25) is 4.79 Å². The number of amides is 1. The number of likely N-dealkylation sites (tertiary alicyclic amines) is 2. The van der Waals surface area contributed by atoms with Crippen LogP contribution in [0.5, 0.6) is 0 Å². The van der Waals surface area contributed by atoms with E-state index in [1.165, 1.54) is 18.4 Å². The summed E-state index contributed by atoms with van der Waals surface area (Å²) in [5.41, 5.74) is 1.42. The first-order valence-electron chi connectivity index (χ1n) is 9.83. The van der Waals surface area contributed by atoms with E-state index in [0.717, 1.165) is 44.8 Å². The highest BCUT2D eigenvalue weighted by Crippen LogP contribution is 2.26. The Morgan fingerprint density at radius 3 is 2.56 bits per heavy atom. The summed E-state index contributed by atoms with van der Waals surface area (Å²) < 4.78 is 0. The number of rotatable bonds is 5. The largest absolute Gasteiger partial charge is 0.392 e. The Balaban J connectivity index is 1.40. The second-order valence-electron chi connectivity index (χ2n) is 7.87. The smallest absolute Gasteiger partial charge is 0.229 e. The highest BCUT2D eigenvalue weighted by molar-refractivity contribution is 5.80. The number of piperidine rings is 2. The fourth-order valence-corrected chi connectivity index (χ4v) is 4.26. The number of benzene rings is 1. The summed E-state index contributed by atoms with van der Waals surface area (Å²) in [5.74, 6) is 0.682. The van der Waals surface area contributed by atoms with Crippen molar-refractivity contribution in [2.75, 3.05) is 33.2 Å². The van der Waals surface area contributed by atoms with Gasteiger partial charge in [0.05, 0.1) is 12.0 Å². The van der Waals surface area contributed by atoms with E-state index in [0.29, 0.717) is 13.0 Å². The van der Waals surface area contributed by atoms with Crippen LogP contribution < -0.4 is 0 Å². The topological polar surface area (TPSA) is 43.8 Å². The summed E-state index contributed by atoms with van der Waals surface area (Å²) in [6, 6.07) is 10.7. The molecule has 0 saturated carbocycles. The lowest BCUT2D eigenvalue weighted by Crippen LogP contribution is -2.51. The van der Waals surface area contributed by atoms with Gasteiger partial charge in [-0.05, 0) is 57.1 Å². The molecular weight excluding hydrogens is 312 g/mol. The predicted octanol–water partition coefficient (Wildman–Crippen LogP) is 2.56. The molecule has 0 bridgehead atoms. The Kier molecular flexibility index (Phi) is 6.49. The quantitative estimate of drug-likeness (QED) is 0.893. The highest BCUT2D eigenvalue weighted by Gasteiger charge is 2.35. The Bertz CT molecular complexity index is 540. The number of aliphatic hydroxyl groups excluding tert-OH is 1. The number of carbonyl (C=O) groups is 1. The number of aryl methyl sites for hydroxylation is 1. The van der Waals surface area contributed by atoms with Crippen molar-refractivity contribution in [1.82, 2.24) is 9.80 Å². The summed E-state index contributed by atoms with van der Waals surface area (Å²) in [4.78, 5) is 16.9. The van der Waals surface area contributed by atoms with Gasteiger partial charge >= 0.3 is 0 Å². The van der Waals surface area contributed by atoms with Gasteiger partial charge in [0.25, 0.3) is 0 Å². The lowest BCUT2D eigenvalue weighted by Gasteiger charge is -2.39. The van der Waals surface area contributed by atoms with Crippen molar-refractivity contribution in [3.63, 3.8) is 0 Å². The average molecular weight is 344 g/mol. The Morgan fingerprint density at radius 1 is 1.12 bits per heavy atom. The molecule has 2 aliphatic rings. The maximum absolute atomic E-state index is 12.8. The maximum Gasteiger partial charge on any atom is 0.229 e. The third-order valence-corrected chi connectivity index (χ3v) is 5.94. The van der Waals surface area contributed by atoms with Gasteiger partial charge in [-0.15, -0.1) is 0 Å². The zero-order valence-electron chi connectivity index (χ0n) is 15.4. The second-order valence-corrected chi connectivity index (χ2v) is 7.87. The summed E-state index contributed by atoms with van der Waals surface area (Å²) >= 11 is 0. The SMILES string of the molecule is CN1CC[C@@H](O)[C@H](C(=O)N2CCC(CCCc3ccccc3)CC2)C1. The van der Waals surface area contributed by atoms with Gasteiger partial charge < -0.3 is 14.9 Å². The van der Waals surface area contributed by atoms with Crippen molar-refractivity contribution < 1.29 is 9.90 Å². The van der Waals surface area contributed by atoms with Crippen molar-refractivity contribution in [3.8, 4) is 0 Å². The minimum Gasteiger partial charge on any atom is -0.392 e. The Labute approximate surface area is 151 Å². The molecule has 1 aromatic carbocycles. The van der Waals surface area contributed by atoms with Crippen molar-refractivity contribution >= 4 is 5.91 Å². The molecule has 3 rings (SSSR count). The third kappa shape index (κ3) is 5.05. The highest BCUT2D eigenvalue weighted by atomic mass is 16.3. The summed E-state index contributed by atoms with van der Waals surface area (Å²) in [5, 5.41) is 10.2. The molecule has 2 saturated heterocycles. The number of hydrogen-bond donors (Lipinski definition) is 1. The van der Waals surface area contributed by atoms with Crippen LogP contribution >= 0.6 is 0 Å². The van der Waals surface area contributed by atoms with Crippen LogP contribution in [0.3, 0.4) is 0 Å². The molecule has 1 amide bonds. The second kappa shape index (κ2) is 8.81. The van der Waals surface area contributed by atoms with E-state index >= 15 is 0 Å². The third-order valence-electron chi connectivity index (χ3n) is 5.94. The van der Waals surface area contributed by atoms with Crippen molar-refractivity contribution in [1.29, 1.82) is 0 Å². The monoisotopic (exact) mass is 344 g/mol. The van der Waals surface area contributed by atoms with Gasteiger partial charge in [-0.1, -0.05) is 30.3 Å². The Morgan fingerprint density at radius 2 is 1.84 bits per heavy atom. The van der Waals surface area contributed by atoms with Gasteiger partial charge in [-0.2, -0.15) is 0 Å². The van der Waals surface area contributed by atoms with Gasteiger partial charge in [0.1, 0.15) is 0 Å². The number of nitrogens with zero attached hydrogens (tertiary/aromatic N) is 2. The molecule has 4 nitrogen and oxygen atoms in total. The average Bonchev–Trinajstić information content (AvgIpc) is 2.65. The van der Waals surface area contributed by atoms with E-state index in [9.17, 15) is 9.90 Å². The molecule has 1 aromatic rings. The fourth-order valence-electron chi connectivity index (χ4n) is 4.26. The van der Waals surface area contributed by atoms with Gasteiger partial charge in [-0.25, -0.2) is 0 Å². The summed E-state index contributed by atoms with van der Waals surface area (Å²) in [7, 11) is 2.03. The Hall–Kier alpha value is -1.39. The van der Waals surface area contributed by atoms with E-state index in [1.54, 1.807) is 0 Å². The molecule has 0 radical (unpaired) electrons. The van der Waals surface area contributed by atoms with Crippen LogP contribution in [0.4, 0.5) is 0 Å².